The molecule has 1 heterocycles. The Morgan fingerprint density at radius 1 is 1.32 bits per heavy atom. The van der Waals surface area contributed by atoms with Gasteiger partial charge in [-0.2, -0.15) is 0 Å². The monoisotopic (exact) mass is 348 g/mol. The van der Waals surface area contributed by atoms with Gasteiger partial charge >= 0.3 is 0 Å². The predicted molar refractivity (Wildman–Crippen MR) is 90.1 cm³/mol. The Morgan fingerprint density at radius 3 is 2.59 bits per heavy atom. The lowest BCUT2D eigenvalue weighted by Crippen LogP contribution is -2.46. The Balaban J connectivity index is 0.00000242. The molecule has 2 N–H and O–H groups in total. The van der Waals surface area contributed by atoms with Gasteiger partial charge in [0.2, 0.25) is 10.0 Å². The summed E-state index contributed by atoms with van der Waals surface area (Å²) in [5.41, 5.74) is 1.08. The maximum Gasteiger partial charge on any atom is 0.240 e. The van der Waals surface area contributed by atoms with Crippen LogP contribution in [-0.2, 0) is 21.2 Å². The molecule has 1 fully saturated rings. The third kappa shape index (κ3) is 5.52. The number of ether oxygens (including phenoxy) is 1. The number of halogens is 1. The molecule has 1 aliphatic rings. The number of methoxy groups -OCH3 is 1. The molecule has 0 aromatic heterocycles. The van der Waals surface area contributed by atoms with E-state index in [0.29, 0.717) is 17.5 Å². The molecule has 2 atom stereocenters. The molecule has 126 valence electrons. The van der Waals surface area contributed by atoms with E-state index in [0.717, 1.165) is 31.4 Å². The van der Waals surface area contributed by atoms with Crippen molar-refractivity contribution >= 4 is 22.4 Å². The zero-order valence-corrected chi connectivity index (χ0v) is 14.7. The molecule has 1 aromatic rings. The number of rotatable bonds is 6. The van der Waals surface area contributed by atoms with Crippen LogP contribution in [0.3, 0.4) is 0 Å². The van der Waals surface area contributed by atoms with Crippen LogP contribution in [0.2, 0.25) is 0 Å². The molecule has 1 saturated heterocycles. The van der Waals surface area contributed by atoms with E-state index < -0.39 is 10.0 Å². The van der Waals surface area contributed by atoms with Crippen molar-refractivity contribution in [3.05, 3.63) is 29.8 Å². The lowest BCUT2D eigenvalue weighted by molar-refractivity contribution is 0.202. The highest BCUT2D eigenvalue weighted by Gasteiger charge is 2.24. The summed E-state index contributed by atoms with van der Waals surface area (Å²) >= 11 is 0. The molecule has 22 heavy (non-hydrogen) atoms. The van der Waals surface area contributed by atoms with Crippen LogP contribution in [0, 0.1) is 0 Å². The normalized spacial score (nSPS) is 22.1. The molecule has 0 spiro atoms. The molecule has 0 saturated carbocycles. The van der Waals surface area contributed by atoms with E-state index in [-0.39, 0.29) is 18.4 Å². The first-order valence-corrected chi connectivity index (χ1v) is 8.83. The van der Waals surface area contributed by atoms with Crippen molar-refractivity contribution in [2.75, 3.05) is 20.3 Å². The lowest BCUT2D eigenvalue weighted by Gasteiger charge is -2.28. The first kappa shape index (κ1) is 19.4. The summed E-state index contributed by atoms with van der Waals surface area (Å²) in [4.78, 5) is 0.329. The van der Waals surface area contributed by atoms with Crippen molar-refractivity contribution in [1.29, 1.82) is 0 Å². The van der Waals surface area contributed by atoms with E-state index in [9.17, 15) is 8.42 Å². The van der Waals surface area contributed by atoms with Gasteiger partial charge in [-0.05, 0) is 50.4 Å². The average Bonchev–Trinajstić information content (AvgIpc) is 2.45. The van der Waals surface area contributed by atoms with Gasteiger partial charge in [-0.15, -0.1) is 12.4 Å². The minimum Gasteiger partial charge on any atom is -0.384 e. The summed E-state index contributed by atoms with van der Waals surface area (Å²) in [6, 6.07) is 7.38. The van der Waals surface area contributed by atoms with Gasteiger partial charge < -0.3 is 10.1 Å². The summed E-state index contributed by atoms with van der Waals surface area (Å²) < 4.78 is 32.6. The quantitative estimate of drug-likeness (QED) is 0.821. The van der Waals surface area contributed by atoms with Crippen LogP contribution in [0.25, 0.3) is 0 Å². The van der Waals surface area contributed by atoms with E-state index in [1.165, 1.54) is 0 Å². The number of piperidine rings is 1. The smallest absolute Gasteiger partial charge is 0.240 e. The van der Waals surface area contributed by atoms with E-state index in [1.807, 2.05) is 12.1 Å². The summed E-state index contributed by atoms with van der Waals surface area (Å²) in [7, 11) is -1.77. The highest BCUT2D eigenvalue weighted by Crippen LogP contribution is 2.15. The van der Waals surface area contributed by atoms with Crippen molar-refractivity contribution in [1.82, 2.24) is 10.0 Å². The van der Waals surface area contributed by atoms with Crippen molar-refractivity contribution < 1.29 is 13.2 Å². The molecule has 0 amide bonds. The second kappa shape index (κ2) is 8.84. The largest absolute Gasteiger partial charge is 0.384 e. The van der Waals surface area contributed by atoms with E-state index >= 15 is 0 Å². The highest BCUT2D eigenvalue weighted by molar-refractivity contribution is 7.89. The average molecular weight is 349 g/mol. The minimum absolute atomic E-state index is 0. The maximum absolute atomic E-state index is 12.4. The predicted octanol–water partition coefficient (Wildman–Crippen LogP) is 1.72. The zero-order chi connectivity index (χ0) is 15.3. The summed E-state index contributed by atoms with van der Waals surface area (Å²) in [6.07, 6.45) is 2.44. The molecule has 2 unspecified atom stereocenters. The Kier molecular flexibility index (Phi) is 7.79. The number of hydrogen-bond acceptors (Lipinski definition) is 4. The van der Waals surface area contributed by atoms with Gasteiger partial charge in [0.25, 0.3) is 0 Å². The van der Waals surface area contributed by atoms with Crippen LogP contribution < -0.4 is 10.0 Å². The van der Waals surface area contributed by atoms with Crippen LogP contribution in [0.5, 0.6) is 0 Å². The standard InChI is InChI=1S/C15H24N2O3S.ClH/c1-12-11-14(7-9-16-12)17-21(18,19)15-5-3-13(4-6-15)8-10-20-2;/h3-6,12,14,16-17H,7-11H2,1-2H3;1H. The Morgan fingerprint density at radius 2 is 2.00 bits per heavy atom. The zero-order valence-electron chi connectivity index (χ0n) is 13.0. The molecule has 0 aliphatic carbocycles. The first-order valence-electron chi connectivity index (χ1n) is 7.35. The van der Waals surface area contributed by atoms with Crippen LogP contribution >= 0.6 is 12.4 Å². The van der Waals surface area contributed by atoms with E-state index in [2.05, 4.69) is 17.0 Å². The lowest BCUT2D eigenvalue weighted by atomic mass is 10.0. The van der Waals surface area contributed by atoms with Crippen molar-refractivity contribution in [3.63, 3.8) is 0 Å². The van der Waals surface area contributed by atoms with E-state index in [4.69, 9.17) is 4.74 Å². The minimum atomic E-state index is -3.43. The fraction of sp³-hybridized carbons (Fsp3) is 0.600. The first-order chi connectivity index (χ1) is 10.0. The van der Waals surface area contributed by atoms with Gasteiger partial charge in [0, 0.05) is 19.2 Å². The third-order valence-electron chi connectivity index (χ3n) is 3.77. The maximum atomic E-state index is 12.4. The molecular formula is C15H25ClN2O3S. The fourth-order valence-corrected chi connectivity index (χ4v) is 3.86. The van der Waals surface area contributed by atoms with Gasteiger partial charge in [-0.25, -0.2) is 13.1 Å². The van der Waals surface area contributed by atoms with Crippen molar-refractivity contribution in [2.24, 2.45) is 0 Å². The van der Waals surface area contributed by atoms with Crippen LogP contribution in [0.15, 0.2) is 29.2 Å². The Labute approximate surface area is 139 Å². The molecule has 5 nitrogen and oxygen atoms in total. The number of sulfonamides is 1. The number of benzene rings is 1. The van der Waals surface area contributed by atoms with Gasteiger partial charge in [0.05, 0.1) is 11.5 Å². The Bertz CT molecular complexity index is 548. The molecule has 1 aliphatic heterocycles. The van der Waals surface area contributed by atoms with Gasteiger partial charge in [0.1, 0.15) is 0 Å². The number of hydrogen-bond donors (Lipinski definition) is 2. The Hall–Kier alpha value is -0.660. The molecule has 0 bridgehead atoms. The van der Waals surface area contributed by atoms with Gasteiger partial charge in [-0.1, -0.05) is 12.1 Å². The van der Waals surface area contributed by atoms with Crippen LogP contribution in [0.4, 0.5) is 0 Å². The molecular weight excluding hydrogens is 324 g/mol. The van der Waals surface area contributed by atoms with Crippen molar-refractivity contribution in [2.45, 2.75) is 43.2 Å². The van der Waals surface area contributed by atoms with Crippen molar-refractivity contribution in [3.8, 4) is 0 Å². The summed E-state index contributed by atoms with van der Waals surface area (Å²) in [6.45, 7) is 3.56. The molecule has 7 heteroatoms. The second-order valence-electron chi connectivity index (χ2n) is 5.58. The van der Waals surface area contributed by atoms with Gasteiger partial charge in [0.15, 0.2) is 0 Å². The number of nitrogens with one attached hydrogen (secondary N) is 2. The van der Waals surface area contributed by atoms with Gasteiger partial charge in [-0.3, -0.25) is 0 Å². The molecule has 1 aromatic carbocycles. The van der Waals surface area contributed by atoms with Crippen LogP contribution in [-0.4, -0.2) is 40.8 Å². The molecule has 0 radical (unpaired) electrons. The van der Waals surface area contributed by atoms with Crippen LogP contribution in [0.1, 0.15) is 25.3 Å². The van der Waals surface area contributed by atoms with E-state index in [1.54, 1.807) is 19.2 Å². The fourth-order valence-electron chi connectivity index (χ4n) is 2.58. The third-order valence-corrected chi connectivity index (χ3v) is 5.31. The SMILES string of the molecule is COCCc1ccc(S(=O)(=O)NC2CCNC(C)C2)cc1.Cl. The topological polar surface area (TPSA) is 67.4 Å². The second-order valence-corrected chi connectivity index (χ2v) is 7.30. The highest BCUT2D eigenvalue weighted by atomic mass is 35.5. The summed E-state index contributed by atoms with van der Waals surface area (Å²) in [5, 5.41) is 3.32. The summed E-state index contributed by atoms with van der Waals surface area (Å²) in [5.74, 6) is 0. The molecule has 2 rings (SSSR count).